The number of fused-ring (bicyclic) bond motifs is 2. The van der Waals surface area contributed by atoms with Gasteiger partial charge < -0.3 is 24.6 Å². The number of ether oxygens (including phenoxy) is 2. The number of rotatable bonds is 2. The SMILES string of the molecule is COc1ccc2c(c1)C(N1CCN(C(=O)Nc3ccc(F)cc3)C(C)C1)=Nc1ccccc1O2. The molecule has 1 atom stereocenters. The van der Waals surface area contributed by atoms with Gasteiger partial charge in [0.2, 0.25) is 0 Å². The van der Waals surface area contributed by atoms with Gasteiger partial charge in [0, 0.05) is 31.4 Å². The molecule has 0 spiro atoms. The van der Waals surface area contributed by atoms with Crippen LogP contribution in [-0.2, 0) is 0 Å². The van der Waals surface area contributed by atoms with E-state index in [4.69, 9.17) is 14.5 Å². The van der Waals surface area contributed by atoms with Crippen molar-refractivity contribution in [3.8, 4) is 17.2 Å². The molecular formula is C26H25FN4O3. The summed E-state index contributed by atoms with van der Waals surface area (Å²) in [6.45, 7) is 3.70. The van der Waals surface area contributed by atoms with Gasteiger partial charge in [-0.1, -0.05) is 12.1 Å². The normalized spacial score (nSPS) is 17.0. The van der Waals surface area contributed by atoms with Gasteiger partial charge in [-0.25, -0.2) is 14.2 Å². The molecule has 7 nitrogen and oxygen atoms in total. The van der Waals surface area contributed by atoms with Gasteiger partial charge in [0.15, 0.2) is 5.75 Å². The number of amides is 2. The number of carbonyl (C=O) groups is 1. The van der Waals surface area contributed by atoms with Gasteiger partial charge in [-0.15, -0.1) is 0 Å². The minimum Gasteiger partial charge on any atom is -0.497 e. The van der Waals surface area contributed by atoms with Crippen LogP contribution in [0.4, 0.5) is 20.6 Å². The number of halogens is 1. The molecule has 0 saturated carbocycles. The molecule has 3 aromatic carbocycles. The van der Waals surface area contributed by atoms with Crippen LogP contribution in [0.15, 0.2) is 71.7 Å². The topological polar surface area (TPSA) is 66.4 Å². The van der Waals surface area contributed by atoms with E-state index in [0.29, 0.717) is 42.6 Å². The van der Waals surface area contributed by atoms with Crippen molar-refractivity contribution in [3.63, 3.8) is 0 Å². The van der Waals surface area contributed by atoms with Crippen molar-refractivity contribution in [2.75, 3.05) is 32.1 Å². The Kier molecular flexibility index (Phi) is 5.79. The van der Waals surface area contributed by atoms with Gasteiger partial charge in [0.1, 0.15) is 28.8 Å². The second-order valence-corrected chi connectivity index (χ2v) is 8.29. The summed E-state index contributed by atoms with van der Waals surface area (Å²) >= 11 is 0. The lowest BCUT2D eigenvalue weighted by molar-refractivity contribution is 0.145. The number of urea groups is 1. The number of nitrogens with one attached hydrogen (secondary N) is 1. The number of hydrogen-bond donors (Lipinski definition) is 1. The van der Waals surface area contributed by atoms with Crippen LogP contribution >= 0.6 is 0 Å². The Labute approximate surface area is 197 Å². The maximum absolute atomic E-state index is 13.2. The highest BCUT2D eigenvalue weighted by atomic mass is 19.1. The zero-order valence-corrected chi connectivity index (χ0v) is 19.0. The number of carbonyl (C=O) groups excluding carboxylic acids is 1. The minimum atomic E-state index is -0.341. The molecule has 2 amide bonds. The summed E-state index contributed by atoms with van der Waals surface area (Å²) < 4.78 is 24.8. The lowest BCUT2D eigenvalue weighted by atomic mass is 10.1. The fourth-order valence-electron chi connectivity index (χ4n) is 4.25. The van der Waals surface area contributed by atoms with Crippen LogP contribution in [0, 0.1) is 5.82 Å². The highest BCUT2D eigenvalue weighted by molar-refractivity contribution is 6.04. The van der Waals surface area contributed by atoms with Crippen molar-refractivity contribution < 1.29 is 18.7 Å². The minimum absolute atomic E-state index is 0.0784. The number of anilines is 1. The molecular weight excluding hydrogens is 435 g/mol. The van der Waals surface area contributed by atoms with E-state index in [2.05, 4.69) is 10.2 Å². The molecule has 1 saturated heterocycles. The highest BCUT2D eigenvalue weighted by Gasteiger charge is 2.32. The first-order valence-electron chi connectivity index (χ1n) is 11.1. The fourth-order valence-corrected chi connectivity index (χ4v) is 4.25. The predicted octanol–water partition coefficient (Wildman–Crippen LogP) is 5.26. The van der Waals surface area contributed by atoms with Crippen molar-refractivity contribution in [2.24, 2.45) is 4.99 Å². The number of nitrogens with zero attached hydrogens (tertiary/aromatic N) is 3. The smallest absolute Gasteiger partial charge is 0.322 e. The molecule has 2 heterocycles. The van der Waals surface area contributed by atoms with Crippen molar-refractivity contribution in [1.29, 1.82) is 0 Å². The van der Waals surface area contributed by atoms with Gasteiger partial charge in [0.05, 0.1) is 12.7 Å². The van der Waals surface area contributed by atoms with Gasteiger partial charge in [0.25, 0.3) is 0 Å². The molecule has 2 aliphatic heterocycles. The standard InChI is InChI=1S/C26H25FN4O3/c1-17-16-30(13-14-31(17)26(32)28-19-9-7-18(27)8-10-19)25-21-15-20(33-2)11-12-23(21)34-24-6-4-3-5-22(24)29-25/h3-12,15,17H,13-14,16H2,1-2H3,(H,28,32). The third kappa shape index (κ3) is 4.26. The van der Waals surface area contributed by atoms with Crippen LogP contribution in [0.25, 0.3) is 0 Å². The maximum atomic E-state index is 13.2. The van der Waals surface area contributed by atoms with Crippen LogP contribution in [0.5, 0.6) is 17.2 Å². The Morgan fingerprint density at radius 2 is 1.88 bits per heavy atom. The molecule has 1 unspecified atom stereocenters. The molecule has 1 N–H and O–H groups in total. The van der Waals surface area contributed by atoms with E-state index in [1.54, 1.807) is 24.1 Å². The number of amidine groups is 1. The van der Waals surface area contributed by atoms with E-state index in [1.807, 2.05) is 49.4 Å². The molecule has 0 aromatic heterocycles. The molecule has 0 aliphatic carbocycles. The zero-order valence-electron chi connectivity index (χ0n) is 19.0. The number of methoxy groups -OCH3 is 1. The van der Waals surface area contributed by atoms with Gasteiger partial charge in [-0.2, -0.15) is 0 Å². The molecule has 2 aliphatic rings. The van der Waals surface area contributed by atoms with Crippen molar-refractivity contribution in [1.82, 2.24) is 9.80 Å². The predicted molar refractivity (Wildman–Crippen MR) is 129 cm³/mol. The largest absolute Gasteiger partial charge is 0.497 e. The number of para-hydroxylation sites is 2. The lowest BCUT2D eigenvalue weighted by Crippen LogP contribution is -2.56. The Morgan fingerprint density at radius 3 is 2.65 bits per heavy atom. The quantitative estimate of drug-likeness (QED) is 0.567. The number of benzene rings is 3. The van der Waals surface area contributed by atoms with E-state index in [1.165, 1.54) is 12.1 Å². The van der Waals surface area contributed by atoms with E-state index in [0.717, 1.165) is 17.1 Å². The first-order valence-corrected chi connectivity index (χ1v) is 11.1. The lowest BCUT2D eigenvalue weighted by Gasteiger charge is -2.41. The summed E-state index contributed by atoms with van der Waals surface area (Å²) in [6.07, 6.45) is 0. The van der Waals surface area contributed by atoms with E-state index in [-0.39, 0.29) is 17.9 Å². The third-order valence-electron chi connectivity index (χ3n) is 6.02. The summed E-state index contributed by atoms with van der Waals surface area (Å²) in [4.78, 5) is 21.8. The Bertz CT molecular complexity index is 1250. The number of piperazine rings is 1. The number of aliphatic imine (C=N–C) groups is 1. The Balaban J connectivity index is 1.40. The Morgan fingerprint density at radius 1 is 1.09 bits per heavy atom. The average molecular weight is 461 g/mol. The van der Waals surface area contributed by atoms with Crippen molar-refractivity contribution >= 4 is 23.2 Å². The second kappa shape index (κ2) is 9.05. The summed E-state index contributed by atoms with van der Waals surface area (Å²) in [5.41, 5.74) is 2.15. The van der Waals surface area contributed by atoms with E-state index < -0.39 is 0 Å². The molecule has 174 valence electrons. The summed E-state index contributed by atoms with van der Waals surface area (Å²) in [5, 5.41) is 2.85. The maximum Gasteiger partial charge on any atom is 0.322 e. The van der Waals surface area contributed by atoms with Gasteiger partial charge in [-0.05, 0) is 61.5 Å². The van der Waals surface area contributed by atoms with Crippen LogP contribution in [0.1, 0.15) is 12.5 Å². The second-order valence-electron chi connectivity index (χ2n) is 8.29. The van der Waals surface area contributed by atoms with Crippen molar-refractivity contribution in [2.45, 2.75) is 13.0 Å². The highest BCUT2D eigenvalue weighted by Crippen LogP contribution is 2.39. The zero-order chi connectivity index (χ0) is 23.7. The summed E-state index contributed by atoms with van der Waals surface area (Å²) in [5.74, 6) is 2.55. The first-order chi connectivity index (χ1) is 16.5. The fraction of sp³-hybridized carbons (Fsp3) is 0.231. The van der Waals surface area contributed by atoms with Crippen LogP contribution in [0.2, 0.25) is 0 Å². The molecule has 5 rings (SSSR count). The van der Waals surface area contributed by atoms with E-state index in [9.17, 15) is 9.18 Å². The molecule has 8 heteroatoms. The van der Waals surface area contributed by atoms with E-state index >= 15 is 0 Å². The van der Waals surface area contributed by atoms with Crippen LogP contribution in [0.3, 0.4) is 0 Å². The van der Waals surface area contributed by atoms with Gasteiger partial charge in [-0.3, -0.25) is 0 Å². The third-order valence-corrected chi connectivity index (χ3v) is 6.02. The Hall–Kier alpha value is -4.07. The summed E-state index contributed by atoms with van der Waals surface area (Å²) in [6, 6.07) is 18.8. The molecule has 0 radical (unpaired) electrons. The average Bonchev–Trinajstić information content (AvgIpc) is 3.01. The molecule has 34 heavy (non-hydrogen) atoms. The first kappa shape index (κ1) is 21.8. The van der Waals surface area contributed by atoms with Crippen molar-refractivity contribution in [3.05, 3.63) is 78.1 Å². The summed E-state index contributed by atoms with van der Waals surface area (Å²) in [7, 11) is 1.63. The molecule has 1 fully saturated rings. The molecule has 3 aromatic rings. The van der Waals surface area contributed by atoms with Crippen LogP contribution < -0.4 is 14.8 Å². The van der Waals surface area contributed by atoms with Gasteiger partial charge >= 0.3 is 6.03 Å². The molecule has 0 bridgehead atoms. The van der Waals surface area contributed by atoms with Crippen LogP contribution in [-0.4, -0.2) is 54.5 Å². The monoisotopic (exact) mass is 460 g/mol. The number of hydrogen-bond acceptors (Lipinski definition) is 5.